The van der Waals surface area contributed by atoms with Crippen LogP contribution < -0.4 is 4.74 Å². The molecule has 0 aliphatic carbocycles. The quantitative estimate of drug-likeness (QED) is 0.473. The fourth-order valence-corrected chi connectivity index (χ4v) is 3.74. The normalized spacial score (nSPS) is 11.0. The van der Waals surface area contributed by atoms with Crippen molar-refractivity contribution in [1.29, 1.82) is 0 Å². The molecule has 0 saturated heterocycles. The van der Waals surface area contributed by atoms with Gasteiger partial charge in [-0.2, -0.15) is 0 Å². The highest BCUT2D eigenvalue weighted by molar-refractivity contribution is 7.98. The topological polar surface area (TPSA) is 50.8 Å². The molecule has 4 nitrogen and oxygen atoms in total. The molecule has 4 rings (SSSR count). The molecule has 1 heterocycles. The molecule has 0 aliphatic rings. The van der Waals surface area contributed by atoms with Crippen LogP contribution in [0.4, 0.5) is 0 Å². The average Bonchev–Trinajstić information content (AvgIpc) is 3.16. The third-order valence-electron chi connectivity index (χ3n) is 4.14. The molecule has 0 bridgehead atoms. The molecule has 0 spiro atoms. The summed E-state index contributed by atoms with van der Waals surface area (Å²) in [5, 5.41) is 10.7. The fraction of sp³-hybridized carbons (Fsp3) is 0.143. The summed E-state index contributed by atoms with van der Waals surface area (Å²) in [7, 11) is 0. The highest BCUT2D eigenvalue weighted by atomic mass is 32.2. The largest absolute Gasteiger partial charge is 0.493 e. The van der Waals surface area contributed by atoms with Gasteiger partial charge in [0.15, 0.2) is 5.82 Å². The summed E-state index contributed by atoms with van der Waals surface area (Å²) in [5.41, 5.74) is 2.22. The van der Waals surface area contributed by atoms with Crippen molar-refractivity contribution in [3.63, 3.8) is 0 Å². The van der Waals surface area contributed by atoms with Gasteiger partial charge < -0.3 is 4.74 Å². The minimum Gasteiger partial charge on any atom is -0.493 e. The first kappa shape index (κ1) is 16.7. The van der Waals surface area contributed by atoms with Crippen molar-refractivity contribution in [2.45, 2.75) is 17.8 Å². The Balaban J connectivity index is 1.54. The van der Waals surface area contributed by atoms with Crippen LogP contribution in [-0.4, -0.2) is 21.8 Å². The van der Waals surface area contributed by atoms with Crippen LogP contribution in [0.1, 0.15) is 12.5 Å². The summed E-state index contributed by atoms with van der Waals surface area (Å²) >= 11 is 1.63. The Hall–Kier alpha value is -2.79. The van der Waals surface area contributed by atoms with E-state index in [1.54, 1.807) is 11.8 Å². The number of thioether (sulfide) groups is 1. The molecule has 0 radical (unpaired) electrons. The van der Waals surface area contributed by atoms with Crippen molar-refractivity contribution >= 4 is 22.5 Å². The Labute approximate surface area is 156 Å². The highest BCUT2D eigenvalue weighted by Crippen LogP contribution is 2.30. The van der Waals surface area contributed by atoms with Gasteiger partial charge in [0.05, 0.1) is 12.2 Å². The van der Waals surface area contributed by atoms with Crippen LogP contribution in [0.25, 0.3) is 22.2 Å². The Morgan fingerprint density at radius 2 is 1.77 bits per heavy atom. The van der Waals surface area contributed by atoms with Crippen LogP contribution in [-0.2, 0) is 5.75 Å². The molecular formula is C21H19N3OS. The molecule has 0 fully saturated rings. The molecule has 1 N–H and O–H groups in total. The molecule has 0 saturated carbocycles. The number of fused-ring (bicyclic) bond motifs is 1. The predicted octanol–water partition coefficient (Wildman–Crippen LogP) is 5.32. The monoisotopic (exact) mass is 361 g/mol. The molecule has 1 aromatic heterocycles. The number of nitrogens with zero attached hydrogens (tertiary/aromatic N) is 2. The number of benzene rings is 3. The molecule has 0 aliphatic heterocycles. The van der Waals surface area contributed by atoms with E-state index in [1.165, 1.54) is 16.3 Å². The smallest absolute Gasteiger partial charge is 0.209 e. The first-order valence-electron chi connectivity index (χ1n) is 8.59. The Bertz CT molecular complexity index is 1020. The number of nitrogens with one attached hydrogen (secondary N) is 1. The second-order valence-corrected chi connectivity index (χ2v) is 6.77. The highest BCUT2D eigenvalue weighted by Gasteiger charge is 2.11. The van der Waals surface area contributed by atoms with E-state index in [4.69, 9.17) is 4.74 Å². The number of ether oxygens (including phenoxy) is 1. The van der Waals surface area contributed by atoms with Crippen molar-refractivity contribution in [3.8, 4) is 17.1 Å². The molecule has 4 aromatic rings. The third-order valence-corrected chi connectivity index (χ3v) is 5.04. The number of aromatic nitrogens is 3. The van der Waals surface area contributed by atoms with E-state index in [1.807, 2.05) is 31.2 Å². The van der Waals surface area contributed by atoms with Crippen LogP contribution in [0.2, 0.25) is 0 Å². The summed E-state index contributed by atoms with van der Waals surface area (Å²) in [6.45, 7) is 2.59. The number of H-pyrrole nitrogens is 1. The first-order valence-corrected chi connectivity index (χ1v) is 9.58. The molecule has 26 heavy (non-hydrogen) atoms. The lowest BCUT2D eigenvalue weighted by Gasteiger charge is -2.07. The molecule has 0 amide bonds. The van der Waals surface area contributed by atoms with Gasteiger partial charge in [0, 0.05) is 5.75 Å². The Morgan fingerprint density at radius 1 is 0.962 bits per heavy atom. The zero-order valence-electron chi connectivity index (χ0n) is 14.5. The second kappa shape index (κ2) is 7.62. The molecule has 130 valence electrons. The van der Waals surface area contributed by atoms with Crippen LogP contribution in [0.15, 0.2) is 71.9 Å². The van der Waals surface area contributed by atoms with Crippen molar-refractivity contribution in [3.05, 3.63) is 72.3 Å². The zero-order valence-corrected chi connectivity index (χ0v) is 15.3. The van der Waals surface area contributed by atoms with Gasteiger partial charge in [-0.1, -0.05) is 66.4 Å². The SMILES string of the molecule is CCOc1ccccc1-c1nc(SCc2cccc3ccccc23)n[nH]1. The lowest BCUT2D eigenvalue weighted by Crippen LogP contribution is -1.94. The molecular weight excluding hydrogens is 342 g/mol. The van der Waals surface area contributed by atoms with Crippen molar-refractivity contribution < 1.29 is 4.74 Å². The van der Waals surface area contributed by atoms with Gasteiger partial charge in [-0.3, -0.25) is 5.10 Å². The van der Waals surface area contributed by atoms with Gasteiger partial charge in [0.25, 0.3) is 0 Å². The van der Waals surface area contributed by atoms with Crippen LogP contribution in [0.3, 0.4) is 0 Å². The van der Waals surface area contributed by atoms with Crippen molar-refractivity contribution in [2.24, 2.45) is 0 Å². The van der Waals surface area contributed by atoms with Gasteiger partial charge in [-0.15, -0.1) is 5.10 Å². The van der Waals surface area contributed by atoms with Crippen LogP contribution in [0.5, 0.6) is 5.75 Å². The fourth-order valence-electron chi connectivity index (χ4n) is 2.94. The average molecular weight is 361 g/mol. The van der Waals surface area contributed by atoms with Crippen LogP contribution >= 0.6 is 11.8 Å². The summed E-state index contributed by atoms with van der Waals surface area (Å²) in [5.74, 6) is 2.37. The van der Waals surface area contributed by atoms with Gasteiger partial charge >= 0.3 is 0 Å². The van der Waals surface area contributed by atoms with Gasteiger partial charge in [0.1, 0.15) is 5.75 Å². The van der Waals surface area contributed by atoms with E-state index in [2.05, 4.69) is 57.6 Å². The van der Waals surface area contributed by atoms with Crippen molar-refractivity contribution in [2.75, 3.05) is 6.61 Å². The maximum Gasteiger partial charge on any atom is 0.209 e. The second-order valence-electron chi connectivity index (χ2n) is 5.82. The predicted molar refractivity (Wildman–Crippen MR) is 106 cm³/mol. The number of para-hydroxylation sites is 1. The molecule has 3 aromatic carbocycles. The number of aromatic amines is 1. The van der Waals surface area contributed by atoms with Crippen molar-refractivity contribution in [1.82, 2.24) is 15.2 Å². The van der Waals surface area contributed by atoms with E-state index in [-0.39, 0.29) is 0 Å². The summed E-state index contributed by atoms with van der Waals surface area (Å²) in [6.07, 6.45) is 0. The lowest BCUT2D eigenvalue weighted by atomic mass is 10.1. The Morgan fingerprint density at radius 3 is 2.69 bits per heavy atom. The number of rotatable bonds is 6. The summed E-state index contributed by atoms with van der Waals surface area (Å²) < 4.78 is 5.68. The minimum atomic E-state index is 0.619. The van der Waals surface area contributed by atoms with E-state index in [0.29, 0.717) is 6.61 Å². The molecule has 0 atom stereocenters. The first-order chi connectivity index (χ1) is 12.8. The lowest BCUT2D eigenvalue weighted by molar-refractivity contribution is 0.341. The molecule has 0 unspecified atom stereocenters. The van der Waals surface area contributed by atoms with Crippen LogP contribution in [0, 0.1) is 0 Å². The van der Waals surface area contributed by atoms with E-state index in [9.17, 15) is 0 Å². The van der Waals surface area contributed by atoms with E-state index in [0.717, 1.165) is 28.0 Å². The van der Waals surface area contributed by atoms with Gasteiger partial charge in [-0.05, 0) is 35.4 Å². The summed E-state index contributed by atoms with van der Waals surface area (Å²) in [6, 6.07) is 22.7. The van der Waals surface area contributed by atoms with Gasteiger partial charge in [-0.25, -0.2) is 4.98 Å². The maximum atomic E-state index is 5.68. The minimum absolute atomic E-state index is 0.619. The Kier molecular flexibility index (Phi) is 4.88. The number of hydrogen-bond donors (Lipinski definition) is 1. The zero-order chi connectivity index (χ0) is 17.8. The van der Waals surface area contributed by atoms with Gasteiger partial charge in [0.2, 0.25) is 5.16 Å². The van der Waals surface area contributed by atoms with E-state index < -0.39 is 0 Å². The third kappa shape index (κ3) is 3.44. The molecule has 5 heteroatoms. The number of hydrogen-bond acceptors (Lipinski definition) is 4. The van der Waals surface area contributed by atoms with E-state index >= 15 is 0 Å². The summed E-state index contributed by atoms with van der Waals surface area (Å²) in [4.78, 5) is 4.63. The maximum absolute atomic E-state index is 5.68. The standard InChI is InChI=1S/C21H19N3OS/c1-2-25-19-13-6-5-12-18(19)20-22-21(24-23-20)26-14-16-10-7-9-15-8-3-4-11-17(15)16/h3-13H,2,14H2,1H3,(H,22,23,24).